The molecule has 5 heteroatoms. The first kappa shape index (κ1) is 15.5. The van der Waals surface area contributed by atoms with E-state index in [1.54, 1.807) is 17.0 Å². The minimum atomic E-state index is -0.294. The van der Waals surface area contributed by atoms with Crippen molar-refractivity contribution in [2.45, 2.75) is 39.3 Å². The predicted octanol–water partition coefficient (Wildman–Crippen LogP) is 2.09. The first-order chi connectivity index (χ1) is 9.99. The van der Waals surface area contributed by atoms with Crippen LogP contribution >= 0.6 is 0 Å². The van der Waals surface area contributed by atoms with Crippen LogP contribution in [0.15, 0.2) is 24.3 Å². The standard InChI is InChI=1S/C16H21FN2O2/c1-3-11(2)18-16(21)13-8-15(20)19(10-13)9-12-4-6-14(17)7-5-12/h4-7,11,13H,3,8-10H2,1-2H3,(H,18,21). The lowest BCUT2D eigenvalue weighted by Gasteiger charge is -2.18. The molecule has 0 aliphatic carbocycles. The lowest BCUT2D eigenvalue weighted by atomic mass is 10.1. The van der Waals surface area contributed by atoms with Gasteiger partial charge in [-0.25, -0.2) is 4.39 Å². The van der Waals surface area contributed by atoms with Crippen LogP contribution in [0.3, 0.4) is 0 Å². The van der Waals surface area contributed by atoms with Crippen molar-refractivity contribution >= 4 is 11.8 Å². The second-order valence-corrected chi connectivity index (χ2v) is 5.62. The van der Waals surface area contributed by atoms with Crippen LogP contribution in [0.4, 0.5) is 4.39 Å². The average Bonchev–Trinajstić information content (AvgIpc) is 2.82. The van der Waals surface area contributed by atoms with Gasteiger partial charge in [0, 0.05) is 25.6 Å². The summed E-state index contributed by atoms with van der Waals surface area (Å²) in [7, 11) is 0. The average molecular weight is 292 g/mol. The first-order valence-corrected chi connectivity index (χ1v) is 7.32. The van der Waals surface area contributed by atoms with E-state index in [0.29, 0.717) is 13.1 Å². The van der Waals surface area contributed by atoms with Gasteiger partial charge in [0.1, 0.15) is 5.82 Å². The Kier molecular flexibility index (Phi) is 4.94. The van der Waals surface area contributed by atoms with Gasteiger partial charge in [0.05, 0.1) is 5.92 Å². The lowest BCUT2D eigenvalue weighted by molar-refractivity contribution is -0.129. The summed E-state index contributed by atoms with van der Waals surface area (Å²) in [5, 5.41) is 2.92. The Labute approximate surface area is 124 Å². The molecule has 4 nitrogen and oxygen atoms in total. The molecule has 0 bridgehead atoms. The van der Waals surface area contributed by atoms with Crippen molar-refractivity contribution in [2.75, 3.05) is 6.54 Å². The lowest BCUT2D eigenvalue weighted by Crippen LogP contribution is -2.38. The summed E-state index contributed by atoms with van der Waals surface area (Å²) in [5.74, 6) is -0.660. The second kappa shape index (κ2) is 6.70. The number of hydrogen-bond donors (Lipinski definition) is 1. The summed E-state index contributed by atoms with van der Waals surface area (Å²) in [6.07, 6.45) is 1.12. The highest BCUT2D eigenvalue weighted by Crippen LogP contribution is 2.20. The number of carbonyl (C=O) groups excluding carboxylic acids is 2. The third-order valence-electron chi connectivity index (χ3n) is 3.87. The molecule has 1 aliphatic rings. The first-order valence-electron chi connectivity index (χ1n) is 7.32. The van der Waals surface area contributed by atoms with E-state index in [9.17, 15) is 14.0 Å². The minimum Gasteiger partial charge on any atom is -0.353 e. The molecule has 1 fully saturated rings. The van der Waals surface area contributed by atoms with E-state index in [1.165, 1.54) is 12.1 Å². The molecular formula is C16H21FN2O2. The largest absolute Gasteiger partial charge is 0.353 e. The molecule has 1 N–H and O–H groups in total. The maximum Gasteiger partial charge on any atom is 0.225 e. The summed E-state index contributed by atoms with van der Waals surface area (Å²) < 4.78 is 12.9. The Bertz CT molecular complexity index is 516. The highest BCUT2D eigenvalue weighted by Gasteiger charge is 2.34. The second-order valence-electron chi connectivity index (χ2n) is 5.62. The fourth-order valence-electron chi connectivity index (χ4n) is 2.37. The van der Waals surface area contributed by atoms with Crippen LogP contribution in [-0.4, -0.2) is 29.3 Å². The number of halogens is 1. The summed E-state index contributed by atoms with van der Waals surface area (Å²) in [6.45, 7) is 4.81. The number of nitrogens with one attached hydrogen (secondary N) is 1. The topological polar surface area (TPSA) is 49.4 Å². The SMILES string of the molecule is CCC(C)NC(=O)C1CC(=O)N(Cc2ccc(F)cc2)C1. The molecule has 0 saturated carbocycles. The van der Waals surface area contributed by atoms with Crippen LogP contribution in [0.2, 0.25) is 0 Å². The van der Waals surface area contributed by atoms with Crippen LogP contribution in [0.25, 0.3) is 0 Å². The number of rotatable bonds is 5. The molecule has 21 heavy (non-hydrogen) atoms. The van der Waals surface area contributed by atoms with Gasteiger partial charge in [-0.3, -0.25) is 9.59 Å². The fourth-order valence-corrected chi connectivity index (χ4v) is 2.37. The van der Waals surface area contributed by atoms with Gasteiger partial charge in [-0.15, -0.1) is 0 Å². The van der Waals surface area contributed by atoms with E-state index in [1.807, 2.05) is 13.8 Å². The number of benzene rings is 1. The van der Waals surface area contributed by atoms with E-state index in [-0.39, 0.29) is 36.0 Å². The zero-order chi connectivity index (χ0) is 15.4. The Morgan fingerprint density at radius 1 is 1.43 bits per heavy atom. The van der Waals surface area contributed by atoms with Crippen LogP contribution in [-0.2, 0) is 16.1 Å². The number of carbonyl (C=O) groups is 2. The highest BCUT2D eigenvalue weighted by molar-refractivity contribution is 5.89. The molecule has 2 amide bonds. The predicted molar refractivity (Wildman–Crippen MR) is 77.8 cm³/mol. The van der Waals surface area contributed by atoms with Crippen molar-refractivity contribution in [3.05, 3.63) is 35.6 Å². The third kappa shape index (κ3) is 4.03. The van der Waals surface area contributed by atoms with Crippen molar-refractivity contribution in [3.8, 4) is 0 Å². The van der Waals surface area contributed by atoms with E-state index in [0.717, 1.165) is 12.0 Å². The molecule has 2 atom stereocenters. The van der Waals surface area contributed by atoms with Crippen molar-refractivity contribution in [1.29, 1.82) is 0 Å². The van der Waals surface area contributed by atoms with Crippen LogP contribution in [0.5, 0.6) is 0 Å². The zero-order valence-electron chi connectivity index (χ0n) is 12.4. The summed E-state index contributed by atoms with van der Waals surface area (Å²) in [6, 6.07) is 6.20. The third-order valence-corrected chi connectivity index (χ3v) is 3.87. The fraction of sp³-hybridized carbons (Fsp3) is 0.500. The molecule has 2 unspecified atom stereocenters. The van der Waals surface area contributed by atoms with E-state index in [2.05, 4.69) is 5.32 Å². The molecule has 0 aromatic heterocycles. The van der Waals surface area contributed by atoms with E-state index in [4.69, 9.17) is 0 Å². The van der Waals surface area contributed by atoms with Gasteiger partial charge in [0.15, 0.2) is 0 Å². The summed E-state index contributed by atoms with van der Waals surface area (Å²) >= 11 is 0. The number of amides is 2. The van der Waals surface area contributed by atoms with Crippen molar-refractivity contribution in [1.82, 2.24) is 10.2 Å². The number of nitrogens with zero attached hydrogens (tertiary/aromatic N) is 1. The molecule has 1 heterocycles. The van der Waals surface area contributed by atoms with Gasteiger partial charge in [-0.1, -0.05) is 19.1 Å². The monoisotopic (exact) mass is 292 g/mol. The van der Waals surface area contributed by atoms with Gasteiger partial charge >= 0.3 is 0 Å². The number of hydrogen-bond acceptors (Lipinski definition) is 2. The normalized spacial score (nSPS) is 19.7. The van der Waals surface area contributed by atoms with Crippen LogP contribution < -0.4 is 5.32 Å². The van der Waals surface area contributed by atoms with Crippen molar-refractivity contribution < 1.29 is 14.0 Å². The molecule has 0 radical (unpaired) electrons. The Balaban J connectivity index is 1.93. The van der Waals surface area contributed by atoms with Crippen LogP contribution in [0.1, 0.15) is 32.3 Å². The molecule has 1 aromatic carbocycles. The molecule has 1 saturated heterocycles. The minimum absolute atomic E-state index is 0.0244. The molecule has 0 spiro atoms. The van der Waals surface area contributed by atoms with Gasteiger partial charge in [0.2, 0.25) is 11.8 Å². The Morgan fingerprint density at radius 3 is 2.71 bits per heavy atom. The van der Waals surface area contributed by atoms with Crippen LogP contribution in [0, 0.1) is 11.7 Å². The highest BCUT2D eigenvalue weighted by atomic mass is 19.1. The Morgan fingerprint density at radius 2 is 2.10 bits per heavy atom. The van der Waals surface area contributed by atoms with Gasteiger partial charge < -0.3 is 10.2 Å². The van der Waals surface area contributed by atoms with Gasteiger partial charge in [0.25, 0.3) is 0 Å². The molecule has 2 rings (SSSR count). The smallest absolute Gasteiger partial charge is 0.225 e. The molecular weight excluding hydrogens is 271 g/mol. The quantitative estimate of drug-likeness (QED) is 0.903. The zero-order valence-corrected chi connectivity index (χ0v) is 12.4. The summed E-state index contributed by atoms with van der Waals surface area (Å²) in [5.41, 5.74) is 0.868. The van der Waals surface area contributed by atoms with Crippen molar-refractivity contribution in [2.24, 2.45) is 5.92 Å². The molecule has 114 valence electrons. The maximum atomic E-state index is 12.9. The molecule has 1 aliphatic heterocycles. The maximum absolute atomic E-state index is 12.9. The van der Waals surface area contributed by atoms with E-state index >= 15 is 0 Å². The number of likely N-dealkylation sites (tertiary alicyclic amines) is 1. The van der Waals surface area contributed by atoms with Gasteiger partial charge in [-0.2, -0.15) is 0 Å². The molecule has 1 aromatic rings. The van der Waals surface area contributed by atoms with Gasteiger partial charge in [-0.05, 0) is 31.0 Å². The van der Waals surface area contributed by atoms with Crippen molar-refractivity contribution in [3.63, 3.8) is 0 Å². The Hall–Kier alpha value is -1.91. The van der Waals surface area contributed by atoms with E-state index < -0.39 is 0 Å². The summed E-state index contributed by atoms with van der Waals surface area (Å²) in [4.78, 5) is 25.7.